The highest BCUT2D eigenvalue weighted by atomic mass is 32.2. The Morgan fingerprint density at radius 2 is 1.89 bits per heavy atom. The van der Waals surface area contributed by atoms with Crippen LogP contribution >= 0.6 is 11.8 Å². The summed E-state index contributed by atoms with van der Waals surface area (Å²) in [6.45, 7) is 2.98. The van der Waals surface area contributed by atoms with Crippen LogP contribution in [-0.4, -0.2) is 61.7 Å². The van der Waals surface area contributed by atoms with E-state index in [0.29, 0.717) is 49.3 Å². The maximum atomic E-state index is 14.0. The number of nitrogens with two attached hydrogens (primary N) is 1. The number of anilines is 2. The number of hydrogen-bond acceptors (Lipinski definition) is 7. The van der Waals surface area contributed by atoms with Gasteiger partial charge in [0.1, 0.15) is 11.2 Å². The maximum Gasteiger partial charge on any atom is 0.251 e. The second-order valence-corrected chi connectivity index (χ2v) is 9.69. The molecule has 0 radical (unpaired) electrons. The number of benzene rings is 2. The van der Waals surface area contributed by atoms with Crippen molar-refractivity contribution in [3.63, 3.8) is 0 Å². The van der Waals surface area contributed by atoms with Crippen molar-refractivity contribution in [2.24, 2.45) is 5.73 Å². The molecule has 7 nitrogen and oxygen atoms in total. The van der Waals surface area contributed by atoms with E-state index >= 15 is 0 Å². The molecule has 2 fully saturated rings. The second-order valence-electron chi connectivity index (χ2n) is 8.47. The highest BCUT2D eigenvalue weighted by molar-refractivity contribution is 8.00. The number of hydrogen-bond donors (Lipinski definition) is 3. The van der Waals surface area contributed by atoms with E-state index in [1.165, 1.54) is 11.8 Å². The molecule has 0 bridgehead atoms. The normalized spacial score (nSPS) is 19.0. The van der Waals surface area contributed by atoms with E-state index in [4.69, 9.17) is 10.5 Å². The number of ether oxygens (including phenoxy) is 1. The van der Waals surface area contributed by atoms with Crippen LogP contribution in [0.4, 0.5) is 24.5 Å². The molecule has 188 valence electrons. The van der Waals surface area contributed by atoms with Crippen molar-refractivity contribution in [2.75, 3.05) is 48.8 Å². The molecule has 1 unspecified atom stereocenters. The molecule has 4 rings (SSSR count). The fraction of sp³-hybridized carbons (Fsp3) is 0.417. The molecule has 2 heterocycles. The Hall–Kier alpha value is -2.60. The first-order valence-electron chi connectivity index (χ1n) is 11.4. The van der Waals surface area contributed by atoms with Gasteiger partial charge in [-0.3, -0.25) is 14.9 Å². The number of thioether (sulfide) groups is 1. The summed E-state index contributed by atoms with van der Waals surface area (Å²) in [5, 5.41) is 5.59. The van der Waals surface area contributed by atoms with E-state index < -0.39 is 23.5 Å². The van der Waals surface area contributed by atoms with Gasteiger partial charge in [0.25, 0.3) is 5.91 Å². The van der Waals surface area contributed by atoms with Gasteiger partial charge in [0.15, 0.2) is 17.4 Å². The third-order valence-electron chi connectivity index (χ3n) is 5.89. The van der Waals surface area contributed by atoms with Gasteiger partial charge in [-0.2, -0.15) is 0 Å². The first kappa shape index (κ1) is 25.5. The molecule has 0 spiro atoms. The van der Waals surface area contributed by atoms with E-state index in [1.807, 2.05) is 4.90 Å². The van der Waals surface area contributed by atoms with Crippen molar-refractivity contribution in [2.45, 2.75) is 24.3 Å². The van der Waals surface area contributed by atoms with Gasteiger partial charge in [-0.1, -0.05) is 0 Å². The lowest BCUT2D eigenvalue weighted by atomic mass is 9.96. The number of halogens is 3. The highest BCUT2D eigenvalue weighted by Crippen LogP contribution is 2.28. The van der Waals surface area contributed by atoms with E-state index in [-0.39, 0.29) is 35.5 Å². The summed E-state index contributed by atoms with van der Waals surface area (Å²) in [4.78, 5) is 27.9. The smallest absolute Gasteiger partial charge is 0.251 e. The molecule has 0 saturated carbocycles. The summed E-state index contributed by atoms with van der Waals surface area (Å²) in [6, 6.07) is 5.56. The number of nitrogens with zero attached hydrogens (tertiary/aromatic N) is 1. The van der Waals surface area contributed by atoms with Gasteiger partial charge >= 0.3 is 0 Å². The number of ketones is 1. The predicted octanol–water partition coefficient (Wildman–Crippen LogP) is 2.68. The number of nitrogens with one attached hydrogen (secondary N) is 2. The van der Waals surface area contributed by atoms with Gasteiger partial charge in [0, 0.05) is 60.9 Å². The number of carbonyl (C=O) groups is 2. The Labute approximate surface area is 205 Å². The van der Waals surface area contributed by atoms with Gasteiger partial charge in [0.05, 0.1) is 13.2 Å². The molecular formula is C24H27F3N4O3S. The second kappa shape index (κ2) is 11.4. The maximum absolute atomic E-state index is 14.0. The van der Waals surface area contributed by atoms with Crippen LogP contribution in [0.2, 0.25) is 0 Å². The average Bonchev–Trinajstić information content (AvgIpc) is 3.38. The molecule has 1 amide bonds. The van der Waals surface area contributed by atoms with E-state index in [2.05, 4.69) is 10.6 Å². The van der Waals surface area contributed by atoms with E-state index in [9.17, 15) is 22.8 Å². The van der Waals surface area contributed by atoms with Crippen LogP contribution in [0.3, 0.4) is 0 Å². The first-order valence-corrected chi connectivity index (χ1v) is 12.4. The molecular weight excluding hydrogens is 481 g/mol. The third-order valence-corrected chi connectivity index (χ3v) is 7.04. The number of amides is 1. The minimum atomic E-state index is -1.28. The Bertz CT molecular complexity index is 1090. The molecule has 2 aliphatic rings. The minimum Gasteiger partial charge on any atom is -0.378 e. The van der Waals surface area contributed by atoms with Crippen molar-refractivity contribution in [1.29, 1.82) is 0 Å². The van der Waals surface area contributed by atoms with Crippen LogP contribution in [0, 0.1) is 17.5 Å². The first-order chi connectivity index (χ1) is 16.8. The highest BCUT2D eigenvalue weighted by Gasteiger charge is 2.25. The molecule has 2 aliphatic heterocycles. The molecule has 4 N–H and O–H groups in total. The van der Waals surface area contributed by atoms with E-state index in [0.717, 1.165) is 18.4 Å². The Morgan fingerprint density at radius 3 is 2.60 bits per heavy atom. The molecule has 2 aromatic carbocycles. The average molecular weight is 509 g/mol. The predicted molar refractivity (Wildman–Crippen MR) is 129 cm³/mol. The van der Waals surface area contributed by atoms with Gasteiger partial charge in [-0.25, -0.2) is 13.2 Å². The summed E-state index contributed by atoms with van der Waals surface area (Å²) in [6.07, 6.45) is -0.282. The van der Waals surface area contributed by atoms with Crippen molar-refractivity contribution in [3.05, 3.63) is 58.9 Å². The van der Waals surface area contributed by atoms with Crippen molar-refractivity contribution in [3.8, 4) is 0 Å². The van der Waals surface area contributed by atoms with Crippen molar-refractivity contribution in [1.82, 2.24) is 5.32 Å². The quantitative estimate of drug-likeness (QED) is 0.373. The summed E-state index contributed by atoms with van der Waals surface area (Å²) >= 11 is 1.51. The third kappa shape index (κ3) is 6.35. The summed E-state index contributed by atoms with van der Waals surface area (Å²) in [5.41, 5.74) is 7.56. The fourth-order valence-electron chi connectivity index (χ4n) is 4.14. The van der Waals surface area contributed by atoms with Crippen LogP contribution in [0.15, 0.2) is 30.3 Å². The number of Topliss-reactive ketones (excluding diaryl/α,β-unsaturated/α-hetero) is 1. The summed E-state index contributed by atoms with van der Waals surface area (Å²) in [5.74, 6) is -3.02. The minimum absolute atomic E-state index is 0.0971. The lowest BCUT2D eigenvalue weighted by molar-refractivity contribution is -0.116. The molecule has 11 heteroatoms. The van der Waals surface area contributed by atoms with Gasteiger partial charge in [0.2, 0.25) is 0 Å². The van der Waals surface area contributed by atoms with Crippen molar-refractivity contribution >= 4 is 34.8 Å². The molecule has 0 aliphatic carbocycles. The zero-order valence-corrected chi connectivity index (χ0v) is 19.8. The van der Waals surface area contributed by atoms with Crippen LogP contribution in [-0.2, 0) is 16.0 Å². The number of rotatable bonds is 8. The summed E-state index contributed by atoms with van der Waals surface area (Å²) in [7, 11) is 0. The standard InChI is InChI=1S/C24H27F3N4O3S/c25-18-13-20(27)19(26)10-14(18)9-15(28)11-22(32)17-12-16(30-23(33)24-29-3-8-35-24)1-2-21(17)31-4-6-34-7-5-31/h1-2,10,12-13,15,24,29H,3-9,11,28H2,(H,30,33)/t15-,24?/m1/s1. The summed E-state index contributed by atoms with van der Waals surface area (Å²) < 4.78 is 46.2. The van der Waals surface area contributed by atoms with Gasteiger partial charge in [-0.05, 0) is 36.2 Å². The molecule has 2 aromatic rings. The van der Waals surface area contributed by atoms with Crippen LogP contribution in [0.1, 0.15) is 22.3 Å². The molecule has 35 heavy (non-hydrogen) atoms. The topological polar surface area (TPSA) is 96.7 Å². The van der Waals surface area contributed by atoms with Crippen molar-refractivity contribution < 1.29 is 27.5 Å². The fourth-order valence-corrected chi connectivity index (χ4v) is 5.06. The van der Waals surface area contributed by atoms with E-state index in [1.54, 1.807) is 18.2 Å². The number of carbonyl (C=O) groups excluding carboxylic acids is 2. The van der Waals surface area contributed by atoms with Crippen LogP contribution < -0.4 is 21.3 Å². The zero-order valence-electron chi connectivity index (χ0n) is 19.0. The number of morpholine rings is 1. The Balaban J connectivity index is 1.53. The Morgan fingerprint density at radius 1 is 1.14 bits per heavy atom. The SMILES string of the molecule is N[C@@H](CC(=O)c1cc(NC(=O)C2NCCS2)ccc1N1CCOCC1)Cc1cc(F)c(F)cc1F. The lowest BCUT2D eigenvalue weighted by Crippen LogP contribution is -2.37. The zero-order chi connectivity index (χ0) is 24.9. The van der Waals surface area contributed by atoms with Crippen LogP contribution in [0.25, 0.3) is 0 Å². The Kier molecular flexibility index (Phi) is 8.32. The molecule has 0 aromatic heterocycles. The van der Waals surface area contributed by atoms with Gasteiger partial charge in [-0.15, -0.1) is 11.8 Å². The van der Waals surface area contributed by atoms with Crippen LogP contribution in [0.5, 0.6) is 0 Å². The molecule has 2 saturated heterocycles. The monoisotopic (exact) mass is 508 g/mol. The molecule has 2 atom stereocenters. The lowest BCUT2D eigenvalue weighted by Gasteiger charge is -2.30. The largest absolute Gasteiger partial charge is 0.378 e. The van der Waals surface area contributed by atoms with Gasteiger partial charge < -0.3 is 20.7 Å².